The van der Waals surface area contributed by atoms with Crippen LogP contribution in [-0.2, 0) is 9.53 Å². The molecule has 0 unspecified atom stereocenters. The Kier molecular flexibility index (Phi) is 8.59. The Morgan fingerprint density at radius 3 is 2.46 bits per heavy atom. The molecule has 0 spiro atoms. The number of amides is 1. The van der Waals surface area contributed by atoms with Crippen LogP contribution < -0.4 is 4.90 Å². The molecule has 1 saturated carbocycles. The molecule has 3 aromatic rings. The molecule has 0 saturated heterocycles. The number of carbonyl (C=O) groups is 2. The van der Waals surface area contributed by atoms with Gasteiger partial charge in [0.2, 0.25) is 5.91 Å². The van der Waals surface area contributed by atoms with Crippen molar-refractivity contribution < 1.29 is 14.3 Å². The highest BCUT2D eigenvalue weighted by Gasteiger charge is 2.34. The van der Waals surface area contributed by atoms with Gasteiger partial charge in [0.05, 0.1) is 23.0 Å². The molecule has 0 bridgehead atoms. The topological polar surface area (TPSA) is 77.3 Å². The first kappa shape index (κ1) is 26.8. The zero-order chi connectivity index (χ0) is 26.5. The summed E-state index contributed by atoms with van der Waals surface area (Å²) in [5.41, 5.74) is 3.06. The molecule has 2 aromatic heterocycles. The van der Waals surface area contributed by atoms with Crippen molar-refractivity contribution in [3.63, 3.8) is 0 Å². The van der Waals surface area contributed by atoms with E-state index in [-0.39, 0.29) is 24.5 Å². The van der Waals surface area contributed by atoms with Crippen LogP contribution in [0.4, 0.5) is 5.82 Å². The third kappa shape index (κ3) is 6.36. The summed E-state index contributed by atoms with van der Waals surface area (Å²) in [5.74, 6) is 0.522. The highest BCUT2D eigenvalue weighted by atomic mass is 32.1. The summed E-state index contributed by atoms with van der Waals surface area (Å²) in [6, 6.07) is 7.73. The van der Waals surface area contributed by atoms with Crippen molar-refractivity contribution in [3.8, 4) is 5.69 Å². The van der Waals surface area contributed by atoms with E-state index in [4.69, 9.17) is 9.84 Å². The minimum atomic E-state index is -0.474. The van der Waals surface area contributed by atoms with Gasteiger partial charge in [0.1, 0.15) is 5.56 Å². The average molecular weight is 521 g/mol. The Bertz CT molecular complexity index is 1250. The standard InChI is InChI=1S/C29H36N4O3S/c1-6-36-29(35)26-17-32(25-15-10-22(11-16-25)9-14-24-18-37-21(5)30-24)31-27(26)33(19(2)3)28(34)23-12-7-20(4)8-13-23/h9-11,14-20,23H,6-8,12-13H2,1-5H3/t20-,23-. The lowest BCUT2D eigenvalue weighted by molar-refractivity contribution is -0.124. The van der Waals surface area contributed by atoms with E-state index < -0.39 is 5.97 Å². The predicted octanol–water partition coefficient (Wildman–Crippen LogP) is 6.55. The highest BCUT2D eigenvalue weighted by Crippen LogP contribution is 2.33. The van der Waals surface area contributed by atoms with Crippen molar-refractivity contribution in [2.75, 3.05) is 11.5 Å². The lowest BCUT2D eigenvalue weighted by Gasteiger charge is -2.32. The zero-order valence-electron chi connectivity index (χ0n) is 22.3. The molecule has 4 rings (SSSR count). The Morgan fingerprint density at radius 1 is 1.16 bits per heavy atom. The van der Waals surface area contributed by atoms with Crippen LogP contribution >= 0.6 is 11.3 Å². The minimum absolute atomic E-state index is 0.0375. The second-order valence-corrected chi connectivity index (χ2v) is 11.1. The molecule has 0 aliphatic heterocycles. The molecule has 1 fully saturated rings. The second-order valence-electron chi connectivity index (χ2n) is 10.0. The van der Waals surface area contributed by atoms with E-state index in [9.17, 15) is 9.59 Å². The third-order valence-corrected chi connectivity index (χ3v) is 7.57. The van der Waals surface area contributed by atoms with E-state index in [1.165, 1.54) is 0 Å². The first-order chi connectivity index (χ1) is 17.8. The SMILES string of the molecule is CCOC(=O)c1cn(-c2ccc(C=Cc3csc(C)n3)cc2)nc1N(C(=O)[C@H]1CC[C@H](C)CC1)C(C)C. The number of thiazole rings is 1. The van der Waals surface area contributed by atoms with E-state index in [0.717, 1.165) is 47.6 Å². The largest absolute Gasteiger partial charge is 0.462 e. The van der Waals surface area contributed by atoms with Crippen LogP contribution in [-0.4, -0.2) is 39.3 Å². The molecule has 1 aliphatic carbocycles. The molecule has 1 amide bonds. The number of benzene rings is 1. The maximum absolute atomic E-state index is 13.7. The number of aryl methyl sites for hydroxylation is 1. The Labute approximate surface area is 223 Å². The molecule has 8 heteroatoms. The maximum Gasteiger partial charge on any atom is 0.343 e. The Morgan fingerprint density at radius 2 is 1.86 bits per heavy atom. The summed E-state index contributed by atoms with van der Waals surface area (Å²) in [6.07, 6.45) is 9.50. The van der Waals surface area contributed by atoms with E-state index in [1.54, 1.807) is 34.0 Å². The van der Waals surface area contributed by atoms with Crippen molar-refractivity contribution in [1.29, 1.82) is 0 Å². The number of hydrogen-bond donors (Lipinski definition) is 0. The molecular weight excluding hydrogens is 484 g/mol. The van der Waals surface area contributed by atoms with Gasteiger partial charge >= 0.3 is 5.97 Å². The average Bonchev–Trinajstić information content (AvgIpc) is 3.50. The van der Waals surface area contributed by atoms with Crippen LogP contribution in [0.15, 0.2) is 35.8 Å². The molecule has 196 valence electrons. The summed E-state index contributed by atoms with van der Waals surface area (Å²) in [5, 5.41) is 7.82. The number of esters is 1. The van der Waals surface area contributed by atoms with Crippen molar-refractivity contribution in [2.24, 2.45) is 11.8 Å². The zero-order valence-corrected chi connectivity index (χ0v) is 23.1. The van der Waals surface area contributed by atoms with E-state index in [2.05, 4.69) is 11.9 Å². The van der Waals surface area contributed by atoms with Gasteiger partial charge < -0.3 is 4.74 Å². The number of nitrogens with zero attached hydrogens (tertiary/aromatic N) is 4. The smallest absolute Gasteiger partial charge is 0.343 e. The first-order valence-corrected chi connectivity index (χ1v) is 13.9. The molecule has 0 atom stereocenters. The van der Waals surface area contributed by atoms with Crippen LogP contribution in [0.25, 0.3) is 17.8 Å². The van der Waals surface area contributed by atoms with E-state index in [1.807, 2.05) is 62.6 Å². The fourth-order valence-electron chi connectivity index (χ4n) is 4.71. The lowest BCUT2D eigenvalue weighted by atomic mass is 9.82. The summed E-state index contributed by atoms with van der Waals surface area (Å²) < 4.78 is 6.99. The van der Waals surface area contributed by atoms with Gasteiger partial charge in [-0.05, 0) is 83.1 Å². The number of hydrogen-bond acceptors (Lipinski definition) is 6. The van der Waals surface area contributed by atoms with Gasteiger partial charge in [-0.2, -0.15) is 0 Å². The quantitative estimate of drug-likeness (QED) is 0.315. The van der Waals surface area contributed by atoms with Gasteiger partial charge in [0.25, 0.3) is 0 Å². The van der Waals surface area contributed by atoms with Gasteiger partial charge in [-0.15, -0.1) is 16.4 Å². The number of ether oxygens (including phenoxy) is 1. The van der Waals surface area contributed by atoms with Crippen LogP contribution in [0.1, 0.15) is 80.0 Å². The molecule has 7 nitrogen and oxygen atoms in total. The summed E-state index contributed by atoms with van der Waals surface area (Å²) in [6.45, 7) is 10.2. The fourth-order valence-corrected chi connectivity index (χ4v) is 5.29. The molecule has 1 aromatic carbocycles. The Hall–Kier alpha value is -3.26. The fraction of sp³-hybridized carbons (Fsp3) is 0.448. The van der Waals surface area contributed by atoms with Crippen molar-refractivity contribution in [3.05, 3.63) is 57.7 Å². The number of rotatable bonds is 8. The number of aromatic nitrogens is 3. The van der Waals surface area contributed by atoms with Crippen molar-refractivity contribution in [1.82, 2.24) is 14.8 Å². The minimum Gasteiger partial charge on any atom is -0.462 e. The summed E-state index contributed by atoms with van der Waals surface area (Å²) in [7, 11) is 0. The van der Waals surface area contributed by atoms with Gasteiger partial charge in [0.15, 0.2) is 5.82 Å². The first-order valence-electron chi connectivity index (χ1n) is 13.1. The van der Waals surface area contributed by atoms with Gasteiger partial charge in [-0.25, -0.2) is 14.5 Å². The van der Waals surface area contributed by atoms with Crippen molar-refractivity contribution >= 4 is 41.2 Å². The molecule has 0 N–H and O–H groups in total. The van der Waals surface area contributed by atoms with Crippen molar-refractivity contribution in [2.45, 2.75) is 66.3 Å². The number of carbonyl (C=O) groups excluding carboxylic acids is 2. The van der Waals surface area contributed by atoms with Gasteiger partial charge in [-0.3, -0.25) is 9.69 Å². The maximum atomic E-state index is 13.7. The number of anilines is 1. The van der Waals surface area contributed by atoms with Gasteiger partial charge in [-0.1, -0.05) is 25.1 Å². The van der Waals surface area contributed by atoms with Gasteiger partial charge in [0, 0.05) is 23.5 Å². The van der Waals surface area contributed by atoms with E-state index in [0.29, 0.717) is 17.3 Å². The third-order valence-electron chi connectivity index (χ3n) is 6.78. The molecular formula is C29H36N4O3S. The van der Waals surface area contributed by atoms with Crippen LogP contribution in [0.3, 0.4) is 0 Å². The molecule has 37 heavy (non-hydrogen) atoms. The normalized spacial score (nSPS) is 17.9. The molecule has 1 aliphatic rings. The predicted molar refractivity (Wildman–Crippen MR) is 149 cm³/mol. The van der Waals surface area contributed by atoms with Crippen LogP contribution in [0.5, 0.6) is 0 Å². The Balaban J connectivity index is 1.64. The van der Waals surface area contributed by atoms with E-state index >= 15 is 0 Å². The highest BCUT2D eigenvalue weighted by molar-refractivity contribution is 7.09. The molecule has 0 radical (unpaired) electrons. The summed E-state index contributed by atoms with van der Waals surface area (Å²) in [4.78, 5) is 32.7. The second kappa shape index (κ2) is 11.9. The lowest BCUT2D eigenvalue weighted by Crippen LogP contribution is -2.43. The monoisotopic (exact) mass is 520 g/mol. The van der Waals surface area contributed by atoms with Crippen LogP contribution in [0.2, 0.25) is 0 Å². The van der Waals surface area contributed by atoms with Crippen LogP contribution in [0, 0.1) is 18.8 Å². The molecule has 2 heterocycles. The summed E-state index contributed by atoms with van der Waals surface area (Å²) >= 11 is 1.62.